The lowest BCUT2D eigenvalue weighted by atomic mass is 9.71. The minimum Gasteiger partial charge on any atom is -0.362 e. The molecule has 2 N–H and O–H groups in total. The van der Waals surface area contributed by atoms with Crippen molar-refractivity contribution in [3.8, 4) is 0 Å². The van der Waals surface area contributed by atoms with Crippen LogP contribution in [0.5, 0.6) is 0 Å². The van der Waals surface area contributed by atoms with Gasteiger partial charge in [-0.15, -0.1) is 0 Å². The summed E-state index contributed by atoms with van der Waals surface area (Å²) in [6, 6.07) is 19.7. The molecule has 2 aliphatic rings. The van der Waals surface area contributed by atoms with Crippen LogP contribution in [0.15, 0.2) is 102 Å². The Bertz CT molecular complexity index is 1320. The molecule has 1 aromatic heterocycles. The zero-order valence-electron chi connectivity index (χ0n) is 18.7. The molecule has 3 aromatic rings. The third-order valence-corrected chi connectivity index (χ3v) is 6.50. The van der Waals surface area contributed by atoms with Gasteiger partial charge in [-0.1, -0.05) is 42.5 Å². The minimum atomic E-state index is -0.560. The Kier molecular flexibility index (Phi) is 5.80. The van der Waals surface area contributed by atoms with Crippen molar-refractivity contribution in [2.24, 2.45) is 0 Å². The predicted octanol–water partition coefficient (Wildman–Crippen LogP) is 5.22. The maximum absolute atomic E-state index is 14.3. The van der Waals surface area contributed by atoms with Gasteiger partial charge < -0.3 is 10.6 Å². The highest BCUT2D eigenvalue weighted by Crippen LogP contribution is 2.45. The molecule has 0 spiro atoms. The van der Waals surface area contributed by atoms with Crippen molar-refractivity contribution in [1.29, 1.82) is 0 Å². The van der Waals surface area contributed by atoms with Crippen LogP contribution < -0.4 is 10.6 Å². The first kappa shape index (κ1) is 21.8. The third-order valence-electron chi connectivity index (χ3n) is 6.50. The van der Waals surface area contributed by atoms with Gasteiger partial charge in [-0.05, 0) is 54.7 Å². The van der Waals surface area contributed by atoms with Crippen LogP contribution in [0, 0.1) is 5.82 Å². The lowest BCUT2D eigenvalue weighted by Crippen LogP contribution is -2.37. The number of nitrogens with zero attached hydrogens (tertiary/aromatic N) is 1. The number of anilines is 1. The average Bonchev–Trinajstić information content (AvgIpc) is 2.85. The van der Waals surface area contributed by atoms with Crippen molar-refractivity contribution in [2.45, 2.75) is 31.6 Å². The van der Waals surface area contributed by atoms with E-state index in [4.69, 9.17) is 0 Å². The fraction of sp³-hybridized carbons (Fsp3) is 0.179. The molecule has 34 heavy (non-hydrogen) atoms. The number of carbonyl (C=O) groups excluding carboxylic acids is 2. The number of hydrogen-bond acceptors (Lipinski definition) is 4. The zero-order valence-corrected chi connectivity index (χ0v) is 18.7. The maximum Gasteiger partial charge on any atom is 0.254 e. The number of dihydropyridines is 1. The van der Waals surface area contributed by atoms with Crippen molar-refractivity contribution >= 4 is 17.4 Å². The molecule has 0 radical (unpaired) electrons. The standard InChI is InChI=1S/C28H24FN3O2/c1-17-25(28(34)32-22-10-6-5-9-21(22)29)26(19-11-13-30-14-12-19)27-23(31-17)15-20(16-24(27)33)18-7-3-2-4-8-18/h2-14,20,26,31H,15-16H2,1H3,(H,32,34). The molecule has 0 bridgehead atoms. The first-order chi connectivity index (χ1) is 16.5. The van der Waals surface area contributed by atoms with E-state index in [1.807, 2.05) is 49.4 Å². The summed E-state index contributed by atoms with van der Waals surface area (Å²) in [6.07, 6.45) is 4.35. The summed E-state index contributed by atoms with van der Waals surface area (Å²) in [6.45, 7) is 1.82. The van der Waals surface area contributed by atoms with E-state index in [0.717, 1.165) is 16.8 Å². The SMILES string of the molecule is CC1=C(C(=O)Nc2ccccc2F)C(c2ccncc2)C2=C(CC(c3ccccc3)CC2=O)N1. The van der Waals surface area contributed by atoms with E-state index in [2.05, 4.69) is 15.6 Å². The second-order valence-corrected chi connectivity index (χ2v) is 8.64. The van der Waals surface area contributed by atoms with Gasteiger partial charge in [0.15, 0.2) is 5.78 Å². The van der Waals surface area contributed by atoms with Crippen molar-refractivity contribution < 1.29 is 14.0 Å². The van der Waals surface area contributed by atoms with Crippen LogP contribution in [-0.4, -0.2) is 16.7 Å². The number of halogens is 1. The molecule has 5 rings (SSSR count). The number of benzene rings is 2. The largest absolute Gasteiger partial charge is 0.362 e. The van der Waals surface area contributed by atoms with E-state index in [1.54, 1.807) is 24.5 Å². The maximum atomic E-state index is 14.3. The number of carbonyl (C=O) groups is 2. The number of Topliss-reactive ketones (excluding diaryl/α,β-unsaturated/α-hetero) is 1. The zero-order chi connectivity index (χ0) is 23.7. The summed E-state index contributed by atoms with van der Waals surface area (Å²) >= 11 is 0. The first-order valence-electron chi connectivity index (χ1n) is 11.3. The number of pyridine rings is 1. The smallest absolute Gasteiger partial charge is 0.254 e. The molecule has 2 atom stereocenters. The van der Waals surface area contributed by atoms with E-state index < -0.39 is 17.6 Å². The van der Waals surface area contributed by atoms with Gasteiger partial charge in [0.1, 0.15) is 5.82 Å². The topological polar surface area (TPSA) is 71.1 Å². The van der Waals surface area contributed by atoms with E-state index in [1.165, 1.54) is 12.1 Å². The van der Waals surface area contributed by atoms with Gasteiger partial charge in [-0.2, -0.15) is 0 Å². The summed E-state index contributed by atoms with van der Waals surface area (Å²) in [5.74, 6) is -1.44. The monoisotopic (exact) mass is 453 g/mol. The first-order valence-corrected chi connectivity index (χ1v) is 11.3. The number of aromatic nitrogens is 1. The van der Waals surface area contributed by atoms with Crippen molar-refractivity contribution in [1.82, 2.24) is 10.3 Å². The van der Waals surface area contributed by atoms with Crippen LogP contribution in [0.2, 0.25) is 0 Å². The number of ketones is 1. The third kappa shape index (κ3) is 4.03. The van der Waals surface area contributed by atoms with Gasteiger partial charge in [0.25, 0.3) is 5.91 Å². The van der Waals surface area contributed by atoms with Gasteiger partial charge in [-0.25, -0.2) is 4.39 Å². The normalized spacial score (nSPS) is 20.0. The lowest BCUT2D eigenvalue weighted by molar-refractivity contribution is -0.116. The van der Waals surface area contributed by atoms with Gasteiger partial charge in [0.2, 0.25) is 0 Å². The van der Waals surface area contributed by atoms with Crippen LogP contribution in [-0.2, 0) is 9.59 Å². The van der Waals surface area contributed by atoms with E-state index >= 15 is 0 Å². The molecule has 0 saturated heterocycles. The van der Waals surface area contributed by atoms with E-state index in [-0.39, 0.29) is 17.4 Å². The quantitative estimate of drug-likeness (QED) is 0.568. The molecule has 2 unspecified atom stereocenters. The van der Waals surface area contributed by atoms with Crippen molar-refractivity contribution in [3.63, 3.8) is 0 Å². The number of allylic oxidation sites excluding steroid dienone is 3. The van der Waals surface area contributed by atoms with Crippen LogP contribution in [0.3, 0.4) is 0 Å². The average molecular weight is 454 g/mol. The van der Waals surface area contributed by atoms with Gasteiger partial charge >= 0.3 is 0 Å². The minimum absolute atomic E-state index is 0.00751. The predicted molar refractivity (Wildman–Crippen MR) is 128 cm³/mol. The molecule has 2 heterocycles. The number of rotatable bonds is 4. The molecule has 0 saturated carbocycles. The number of para-hydroxylation sites is 1. The molecular weight excluding hydrogens is 429 g/mol. The van der Waals surface area contributed by atoms with Gasteiger partial charge in [0, 0.05) is 47.3 Å². The second-order valence-electron chi connectivity index (χ2n) is 8.64. The molecule has 0 fully saturated rings. The highest BCUT2D eigenvalue weighted by atomic mass is 19.1. The second kappa shape index (κ2) is 9.06. The Labute approximate surface area is 197 Å². The molecule has 2 aromatic carbocycles. The molecule has 170 valence electrons. The molecule has 1 amide bonds. The summed E-state index contributed by atoms with van der Waals surface area (Å²) in [7, 11) is 0. The number of nitrogens with one attached hydrogen (secondary N) is 2. The van der Waals surface area contributed by atoms with Crippen molar-refractivity contribution in [2.75, 3.05) is 5.32 Å². The van der Waals surface area contributed by atoms with E-state index in [0.29, 0.717) is 29.7 Å². The lowest BCUT2D eigenvalue weighted by Gasteiger charge is -2.37. The fourth-order valence-corrected chi connectivity index (χ4v) is 4.94. The van der Waals surface area contributed by atoms with E-state index in [9.17, 15) is 14.0 Å². The molecule has 1 aliphatic carbocycles. The number of hydrogen-bond donors (Lipinski definition) is 2. The highest BCUT2D eigenvalue weighted by molar-refractivity contribution is 6.10. The van der Waals surface area contributed by atoms with Crippen LogP contribution in [0.4, 0.5) is 10.1 Å². The van der Waals surface area contributed by atoms with Crippen LogP contribution >= 0.6 is 0 Å². The number of amides is 1. The Morgan fingerprint density at radius 1 is 0.971 bits per heavy atom. The van der Waals surface area contributed by atoms with Crippen LogP contribution in [0.1, 0.15) is 42.7 Å². The summed E-state index contributed by atoms with van der Waals surface area (Å²) < 4.78 is 14.3. The van der Waals surface area contributed by atoms with Crippen LogP contribution in [0.25, 0.3) is 0 Å². The molecule has 1 aliphatic heterocycles. The Morgan fingerprint density at radius 2 is 1.68 bits per heavy atom. The highest BCUT2D eigenvalue weighted by Gasteiger charge is 2.40. The summed E-state index contributed by atoms with van der Waals surface area (Å²) in [4.78, 5) is 31.1. The van der Waals surface area contributed by atoms with Gasteiger partial charge in [0.05, 0.1) is 5.69 Å². The van der Waals surface area contributed by atoms with Gasteiger partial charge in [-0.3, -0.25) is 14.6 Å². The fourth-order valence-electron chi connectivity index (χ4n) is 4.94. The summed E-state index contributed by atoms with van der Waals surface area (Å²) in [5, 5.41) is 6.04. The Hall–Kier alpha value is -4.06. The molecule has 6 heteroatoms. The molecule has 5 nitrogen and oxygen atoms in total. The molecular formula is C28H24FN3O2. The Balaban J connectivity index is 1.56. The van der Waals surface area contributed by atoms with Crippen molar-refractivity contribution in [3.05, 3.63) is 119 Å². The summed E-state index contributed by atoms with van der Waals surface area (Å²) in [5.41, 5.74) is 4.51. The Morgan fingerprint density at radius 3 is 2.41 bits per heavy atom.